The van der Waals surface area contributed by atoms with Gasteiger partial charge in [-0.25, -0.2) is 8.78 Å². The molecule has 8 rings (SSSR count). The van der Waals surface area contributed by atoms with Crippen LogP contribution in [-0.4, -0.2) is 97.8 Å². The van der Waals surface area contributed by atoms with Gasteiger partial charge in [-0.3, -0.25) is 0 Å². The molecule has 2 saturated heterocycles. The predicted molar refractivity (Wildman–Crippen MR) is 231 cm³/mol. The van der Waals surface area contributed by atoms with Crippen LogP contribution in [0.15, 0.2) is 109 Å². The molecule has 62 heavy (non-hydrogen) atoms. The number of aliphatic hydroxyl groups is 7. The number of thiophene rings is 2. The van der Waals surface area contributed by atoms with Gasteiger partial charge in [0.1, 0.15) is 66.6 Å². The molecule has 0 radical (unpaired) electrons. The van der Waals surface area contributed by atoms with E-state index in [-0.39, 0.29) is 17.2 Å². The van der Waals surface area contributed by atoms with Crippen molar-refractivity contribution in [1.29, 1.82) is 0 Å². The first-order valence-electron chi connectivity index (χ1n) is 20.3. The molecule has 2 aromatic heterocycles. The van der Waals surface area contributed by atoms with Crippen LogP contribution in [0.1, 0.15) is 49.2 Å². The van der Waals surface area contributed by atoms with Crippen LogP contribution >= 0.6 is 22.7 Å². The summed E-state index contributed by atoms with van der Waals surface area (Å²) in [6, 6.07) is 31.2. The highest BCUT2D eigenvalue weighted by atomic mass is 32.1. The summed E-state index contributed by atoms with van der Waals surface area (Å²) in [5.41, 5.74) is 6.16. The zero-order valence-corrected chi connectivity index (χ0v) is 35.5. The summed E-state index contributed by atoms with van der Waals surface area (Å²) in [6.07, 6.45) is -13.1. The third-order valence-corrected chi connectivity index (χ3v) is 14.2. The van der Waals surface area contributed by atoms with Crippen molar-refractivity contribution in [3.8, 4) is 20.9 Å². The highest BCUT2D eigenvalue weighted by Gasteiger charge is 2.56. The normalized spacial score (nSPS) is 27.7. The summed E-state index contributed by atoms with van der Waals surface area (Å²) in [6.45, 7) is 2.61. The van der Waals surface area contributed by atoms with Crippen LogP contribution in [0.25, 0.3) is 20.9 Å². The van der Waals surface area contributed by atoms with Crippen molar-refractivity contribution in [2.75, 3.05) is 13.2 Å². The lowest BCUT2D eigenvalue weighted by Crippen LogP contribution is -2.65. The Morgan fingerprint density at radius 3 is 1.69 bits per heavy atom. The van der Waals surface area contributed by atoms with Gasteiger partial charge in [0.2, 0.25) is 5.79 Å². The quantitative estimate of drug-likeness (QED) is 0.0765. The van der Waals surface area contributed by atoms with Crippen molar-refractivity contribution in [3.63, 3.8) is 0 Å². The summed E-state index contributed by atoms with van der Waals surface area (Å²) in [5.74, 6) is -2.85. The van der Waals surface area contributed by atoms with Gasteiger partial charge in [-0.2, -0.15) is 0 Å². The van der Waals surface area contributed by atoms with Crippen molar-refractivity contribution in [3.05, 3.63) is 164 Å². The molecule has 10 nitrogen and oxygen atoms in total. The summed E-state index contributed by atoms with van der Waals surface area (Å²) in [7, 11) is 0. The van der Waals surface area contributed by atoms with E-state index in [0.717, 1.165) is 52.9 Å². The van der Waals surface area contributed by atoms with Crippen molar-refractivity contribution in [1.82, 2.24) is 0 Å². The number of ether oxygens (including phenoxy) is 3. The largest absolute Gasteiger partial charge is 0.394 e. The summed E-state index contributed by atoms with van der Waals surface area (Å²) in [5, 5.41) is 77.6. The number of hydrogen-bond acceptors (Lipinski definition) is 12. The summed E-state index contributed by atoms with van der Waals surface area (Å²) in [4.78, 5) is 3.96. The molecular formula is C48H48F2O10S2. The Hall–Kier alpha value is -4.26. The molecule has 7 N–H and O–H groups in total. The molecular weight excluding hydrogens is 839 g/mol. The minimum absolute atomic E-state index is 0.243. The van der Waals surface area contributed by atoms with Crippen LogP contribution in [0, 0.1) is 25.5 Å². The average Bonchev–Trinajstić information content (AvgIpc) is 3.95. The molecule has 2 fully saturated rings. The maximum Gasteiger partial charge on any atom is 0.225 e. The second-order valence-corrected chi connectivity index (χ2v) is 18.4. The van der Waals surface area contributed by atoms with Crippen molar-refractivity contribution >= 4 is 22.7 Å². The van der Waals surface area contributed by atoms with Gasteiger partial charge in [-0.05, 0) is 107 Å². The third kappa shape index (κ3) is 8.93. The Morgan fingerprint density at radius 1 is 0.597 bits per heavy atom. The predicted octanol–water partition coefficient (Wildman–Crippen LogP) is 6.09. The van der Waals surface area contributed by atoms with E-state index >= 15 is 0 Å². The van der Waals surface area contributed by atoms with Crippen molar-refractivity contribution < 1.29 is 58.7 Å². The Bertz CT molecular complexity index is 2470. The zero-order valence-electron chi connectivity index (χ0n) is 33.8. The van der Waals surface area contributed by atoms with Crippen LogP contribution in [0.5, 0.6) is 0 Å². The Kier molecular flexibility index (Phi) is 13.2. The molecule has 0 unspecified atom stereocenters. The highest BCUT2D eigenvalue weighted by Crippen LogP contribution is 2.43. The minimum Gasteiger partial charge on any atom is -0.394 e. The number of benzene rings is 4. The first kappa shape index (κ1) is 44.4. The van der Waals surface area contributed by atoms with E-state index < -0.39 is 73.9 Å². The van der Waals surface area contributed by atoms with Crippen LogP contribution in [-0.2, 0) is 32.8 Å². The fourth-order valence-corrected chi connectivity index (χ4v) is 10.2. The minimum atomic E-state index is -2.21. The van der Waals surface area contributed by atoms with E-state index in [4.69, 9.17) is 14.2 Å². The first-order valence-corrected chi connectivity index (χ1v) is 21.9. The van der Waals surface area contributed by atoms with Gasteiger partial charge in [0.05, 0.1) is 13.2 Å². The van der Waals surface area contributed by atoms with Crippen molar-refractivity contribution in [2.45, 2.75) is 87.4 Å². The lowest BCUT2D eigenvalue weighted by atomic mass is 9.86. The standard InChI is InChI=1S/C48H48F2O10S2/c1-25-3-5-29(19-30(25)21-35-15-17-39(61-35)27-6-11-33(49)12-7-27)46-44(55)43(54)42(53)38(59-46)24-58-48(47(57)45(56)41(52)37(23-51)60-48)32-10-4-26(2)31(20-32)22-36-16-18-40(62-36)28-8-13-34(50)14-9-28/h3-20,37-38,41-47,51-57H,21-24H2,1-2H3/t37-,38-,41-,42-,43+,44-,45+,46+,47-,48+/m1/s1. The summed E-state index contributed by atoms with van der Waals surface area (Å²) >= 11 is 3.11. The molecule has 10 atom stereocenters. The smallest absolute Gasteiger partial charge is 0.225 e. The van der Waals surface area contributed by atoms with E-state index in [1.165, 1.54) is 35.6 Å². The number of rotatable bonds is 12. The van der Waals surface area contributed by atoms with Gasteiger partial charge in [0.25, 0.3) is 0 Å². The van der Waals surface area contributed by atoms with E-state index in [9.17, 15) is 44.5 Å². The third-order valence-electron chi connectivity index (χ3n) is 11.9. The first-order chi connectivity index (χ1) is 29.7. The molecule has 326 valence electrons. The molecule has 0 amide bonds. The van der Waals surface area contributed by atoms with Gasteiger partial charge >= 0.3 is 0 Å². The van der Waals surface area contributed by atoms with Gasteiger partial charge in [0.15, 0.2) is 0 Å². The van der Waals surface area contributed by atoms with Gasteiger partial charge in [0, 0.05) is 37.9 Å². The second-order valence-electron chi connectivity index (χ2n) is 16.0. The fraction of sp³-hybridized carbons (Fsp3) is 0.333. The lowest BCUT2D eigenvalue weighted by Gasteiger charge is -2.49. The van der Waals surface area contributed by atoms with Crippen molar-refractivity contribution in [2.24, 2.45) is 0 Å². The maximum atomic E-state index is 13.6. The van der Waals surface area contributed by atoms with Gasteiger partial charge in [-0.1, -0.05) is 54.6 Å². The van der Waals surface area contributed by atoms with E-state index in [1.807, 2.05) is 50.2 Å². The Labute approximate surface area is 365 Å². The molecule has 0 saturated carbocycles. The molecule has 2 aliphatic rings. The number of halogens is 2. The molecule has 4 aromatic carbocycles. The van der Waals surface area contributed by atoms with Gasteiger partial charge in [-0.15, -0.1) is 22.7 Å². The van der Waals surface area contributed by atoms with Crippen LogP contribution < -0.4 is 0 Å². The molecule has 0 aliphatic carbocycles. The highest BCUT2D eigenvalue weighted by molar-refractivity contribution is 7.15. The van der Waals surface area contributed by atoms with E-state index in [1.54, 1.807) is 59.9 Å². The molecule has 14 heteroatoms. The average molecular weight is 887 g/mol. The van der Waals surface area contributed by atoms with Crippen LogP contribution in [0.3, 0.4) is 0 Å². The van der Waals surface area contributed by atoms with E-state index in [2.05, 4.69) is 0 Å². The SMILES string of the molecule is Cc1ccc([C@@H]2O[C@H](CO[C@@]3(c4ccc(C)c(Cc5ccc(-c6ccc(F)cc6)s5)c4)O[C@H](CO)[C@@H](O)[C@H](O)[C@H]3O)[C@@H](O)[C@H](O)[C@H]2O)cc1Cc1ccc(-c2ccc(F)cc2)s1. The Balaban J connectivity index is 1.05. The molecule has 6 aromatic rings. The maximum absolute atomic E-state index is 13.6. The fourth-order valence-electron chi connectivity index (χ4n) is 8.15. The van der Waals surface area contributed by atoms with E-state index in [0.29, 0.717) is 18.4 Å². The Morgan fingerprint density at radius 2 is 1.13 bits per heavy atom. The van der Waals surface area contributed by atoms with Crippen LogP contribution in [0.4, 0.5) is 8.78 Å². The number of hydrogen-bond donors (Lipinski definition) is 7. The number of aryl methyl sites for hydroxylation is 2. The number of aliphatic hydroxyl groups excluding tert-OH is 7. The molecule has 0 spiro atoms. The summed E-state index contributed by atoms with van der Waals surface area (Å²) < 4.78 is 46.1. The molecule has 0 bridgehead atoms. The lowest BCUT2D eigenvalue weighted by molar-refractivity contribution is -0.381. The van der Waals surface area contributed by atoms with Gasteiger partial charge < -0.3 is 50.0 Å². The second kappa shape index (κ2) is 18.5. The van der Waals surface area contributed by atoms with Crippen LogP contribution in [0.2, 0.25) is 0 Å². The molecule has 2 aliphatic heterocycles. The zero-order chi connectivity index (χ0) is 43.9. The molecule has 4 heterocycles. The topological polar surface area (TPSA) is 169 Å². The monoisotopic (exact) mass is 886 g/mol.